The van der Waals surface area contributed by atoms with Gasteiger partial charge in [0.1, 0.15) is 0 Å². The topological polar surface area (TPSA) is 27.3 Å². The number of allylic oxidation sites excluding steroid dienone is 3. The van der Waals surface area contributed by atoms with Crippen molar-refractivity contribution >= 4 is 24.2 Å². The van der Waals surface area contributed by atoms with Crippen LogP contribution in [0.5, 0.6) is 0 Å². The third kappa shape index (κ3) is 12.7. The standard InChI is InChI=1S/C16H26N2.C5H10ClNS.C4H8/c1-4-16-11-15(17-3)10-13(2)18(16)12-14-8-6-5-7-9-14;1-2-5(6)3-7-4-8;1-3-4-2/h5-9,13,15-17H,4,10-12H2,1-3H3;3,7-8H,2,4H2,1H3;3-4H,1-2H3/b;5-3-;4-3-. The quantitative estimate of drug-likeness (QED) is 0.247. The molecule has 0 amide bonds. The average molecular weight is 454 g/mol. The van der Waals surface area contributed by atoms with Gasteiger partial charge in [-0.1, -0.05) is 67.9 Å². The SMILES string of the molecule is C/C=C\C.CC/C(Cl)=C/NCS.CCC1CC(NC)CC(C)N1Cc1ccccc1. The van der Waals surface area contributed by atoms with Crippen molar-refractivity contribution in [3.05, 3.63) is 59.3 Å². The van der Waals surface area contributed by atoms with Gasteiger partial charge >= 0.3 is 0 Å². The summed E-state index contributed by atoms with van der Waals surface area (Å²) in [6.07, 6.45) is 10.4. The highest BCUT2D eigenvalue weighted by atomic mass is 35.5. The molecule has 0 spiro atoms. The molecule has 1 aromatic carbocycles. The fourth-order valence-corrected chi connectivity index (χ4v) is 3.61. The van der Waals surface area contributed by atoms with Crippen LogP contribution in [0, 0.1) is 0 Å². The van der Waals surface area contributed by atoms with Gasteiger partial charge in [0.25, 0.3) is 0 Å². The molecule has 0 bridgehead atoms. The van der Waals surface area contributed by atoms with E-state index in [-0.39, 0.29) is 0 Å². The molecule has 2 rings (SSSR count). The molecule has 172 valence electrons. The summed E-state index contributed by atoms with van der Waals surface area (Å²) in [6.45, 7) is 11.8. The molecule has 0 aromatic heterocycles. The molecule has 0 aliphatic carbocycles. The summed E-state index contributed by atoms with van der Waals surface area (Å²) in [5, 5.41) is 7.16. The van der Waals surface area contributed by atoms with E-state index in [1.54, 1.807) is 6.20 Å². The first-order chi connectivity index (χ1) is 14.5. The van der Waals surface area contributed by atoms with Gasteiger partial charge in [0.2, 0.25) is 0 Å². The van der Waals surface area contributed by atoms with E-state index >= 15 is 0 Å². The normalized spacial score (nSPS) is 22.0. The summed E-state index contributed by atoms with van der Waals surface area (Å²) >= 11 is 9.53. The summed E-state index contributed by atoms with van der Waals surface area (Å²) in [5.74, 6) is 0.635. The van der Waals surface area contributed by atoms with Gasteiger partial charge in [-0.25, -0.2) is 0 Å². The highest BCUT2D eigenvalue weighted by Crippen LogP contribution is 2.26. The van der Waals surface area contributed by atoms with Gasteiger partial charge in [0.15, 0.2) is 0 Å². The number of benzene rings is 1. The lowest BCUT2D eigenvalue weighted by atomic mass is 9.90. The maximum Gasteiger partial charge on any atom is 0.0576 e. The average Bonchev–Trinajstić information content (AvgIpc) is 2.79. The van der Waals surface area contributed by atoms with E-state index in [0.717, 1.165) is 18.0 Å². The van der Waals surface area contributed by atoms with Crippen LogP contribution < -0.4 is 10.6 Å². The van der Waals surface area contributed by atoms with Crippen LogP contribution in [0.15, 0.2) is 53.7 Å². The Morgan fingerprint density at radius 1 is 1.17 bits per heavy atom. The largest absolute Gasteiger partial charge is 0.381 e. The van der Waals surface area contributed by atoms with Gasteiger partial charge in [-0.2, -0.15) is 12.6 Å². The van der Waals surface area contributed by atoms with Gasteiger partial charge in [-0.3, -0.25) is 4.90 Å². The Morgan fingerprint density at radius 3 is 2.27 bits per heavy atom. The van der Waals surface area contributed by atoms with Crippen molar-refractivity contribution in [3.8, 4) is 0 Å². The van der Waals surface area contributed by atoms with E-state index in [9.17, 15) is 0 Å². The molecule has 30 heavy (non-hydrogen) atoms. The van der Waals surface area contributed by atoms with Crippen LogP contribution in [-0.4, -0.2) is 35.9 Å². The van der Waals surface area contributed by atoms with Crippen molar-refractivity contribution in [1.29, 1.82) is 0 Å². The first-order valence-corrected chi connectivity index (χ1v) is 12.2. The number of piperidine rings is 1. The third-order valence-electron chi connectivity index (χ3n) is 5.33. The fraction of sp³-hybridized carbons (Fsp3) is 0.600. The predicted molar refractivity (Wildman–Crippen MR) is 139 cm³/mol. The zero-order valence-electron chi connectivity index (χ0n) is 19.9. The van der Waals surface area contributed by atoms with Crippen LogP contribution in [0.1, 0.15) is 65.9 Å². The zero-order valence-corrected chi connectivity index (χ0v) is 21.5. The van der Waals surface area contributed by atoms with E-state index in [4.69, 9.17) is 11.6 Å². The smallest absolute Gasteiger partial charge is 0.0576 e. The summed E-state index contributed by atoms with van der Waals surface area (Å²) in [5.41, 5.74) is 1.44. The van der Waals surface area contributed by atoms with E-state index in [1.807, 2.05) is 32.9 Å². The van der Waals surface area contributed by atoms with Crippen molar-refractivity contribution < 1.29 is 0 Å². The van der Waals surface area contributed by atoms with Crippen LogP contribution in [-0.2, 0) is 6.54 Å². The molecule has 1 fully saturated rings. The molecule has 5 heteroatoms. The van der Waals surface area contributed by atoms with E-state index in [1.165, 1.54) is 24.8 Å². The molecule has 3 atom stereocenters. The Kier molecular flexibility index (Phi) is 18.2. The second-order valence-electron chi connectivity index (χ2n) is 7.50. The fourth-order valence-electron chi connectivity index (χ4n) is 3.44. The molecule has 1 aliphatic heterocycles. The zero-order chi connectivity index (χ0) is 22.8. The van der Waals surface area contributed by atoms with Crippen LogP contribution in [0.4, 0.5) is 0 Å². The first kappa shape index (κ1) is 29.1. The molecular formula is C25H44ClN3S. The summed E-state index contributed by atoms with van der Waals surface area (Å²) in [6, 6.07) is 12.9. The lowest BCUT2D eigenvalue weighted by Crippen LogP contribution is -2.51. The second kappa shape index (κ2) is 18.8. The monoisotopic (exact) mass is 453 g/mol. The third-order valence-corrected chi connectivity index (χ3v) is 5.88. The summed E-state index contributed by atoms with van der Waals surface area (Å²) < 4.78 is 0. The van der Waals surface area contributed by atoms with Gasteiger partial charge < -0.3 is 10.6 Å². The van der Waals surface area contributed by atoms with Crippen LogP contribution in [0.3, 0.4) is 0 Å². The Hall–Kier alpha value is -0.940. The molecule has 1 aliphatic rings. The first-order valence-electron chi connectivity index (χ1n) is 11.2. The second-order valence-corrected chi connectivity index (χ2v) is 8.30. The number of hydrogen-bond acceptors (Lipinski definition) is 4. The summed E-state index contributed by atoms with van der Waals surface area (Å²) in [4.78, 5) is 2.68. The molecule has 2 N–H and O–H groups in total. The summed E-state index contributed by atoms with van der Waals surface area (Å²) in [7, 11) is 2.09. The number of thiol groups is 1. The molecule has 1 heterocycles. The van der Waals surface area contributed by atoms with E-state index in [0.29, 0.717) is 24.0 Å². The molecule has 1 aromatic rings. The minimum Gasteiger partial charge on any atom is -0.381 e. The van der Waals surface area contributed by atoms with Gasteiger partial charge in [0.05, 0.1) is 5.88 Å². The molecular weight excluding hydrogens is 410 g/mol. The highest BCUT2D eigenvalue weighted by Gasteiger charge is 2.31. The number of halogens is 1. The van der Waals surface area contributed by atoms with E-state index in [2.05, 4.69) is 79.4 Å². The number of nitrogens with zero attached hydrogens (tertiary/aromatic N) is 1. The molecule has 0 radical (unpaired) electrons. The van der Waals surface area contributed by atoms with Crippen LogP contribution in [0.2, 0.25) is 0 Å². The van der Waals surface area contributed by atoms with E-state index < -0.39 is 0 Å². The van der Waals surface area contributed by atoms with Gasteiger partial charge in [-0.15, -0.1) is 0 Å². The Bertz CT molecular complexity index is 573. The van der Waals surface area contributed by atoms with Crippen molar-refractivity contribution in [1.82, 2.24) is 15.5 Å². The Labute approximate surface area is 196 Å². The lowest BCUT2D eigenvalue weighted by molar-refractivity contribution is 0.0648. The minimum atomic E-state index is 0.635. The number of hydrogen-bond donors (Lipinski definition) is 3. The van der Waals surface area contributed by atoms with Crippen molar-refractivity contribution in [2.24, 2.45) is 0 Å². The number of rotatable bonds is 7. The van der Waals surface area contributed by atoms with Crippen molar-refractivity contribution in [2.75, 3.05) is 12.9 Å². The van der Waals surface area contributed by atoms with Crippen molar-refractivity contribution in [2.45, 2.75) is 85.0 Å². The minimum absolute atomic E-state index is 0.635. The number of likely N-dealkylation sites (tertiary alicyclic amines) is 1. The van der Waals surface area contributed by atoms with Crippen LogP contribution in [0.25, 0.3) is 0 Å². The maximum absolute atomic E-state index is 5.61. The van der Waals surface area contributed by atoms with Crippen LogP contribution >= 0.6 is 24.2 Å². The highest BCUT2D eigenvalue weighted by molar-refractivity contribution is 7.80. The Balaban J connectivity index is 0.000000585. The Morgan fingerprint density at radius 2 is 1.80 bits per heavy atom. The number of nitrogens with one attached hydrogen (secondary N) is 2. The predicted octanol–water partition coefficient (Wildman–Crippen LogP) is 6.57. The van der Waals surface area contributed by atoms with Crippen molar-refractivity contribution in [3.63, 3.8) is 0 Å². The molecule has 1 saturated heterocycles. The molecule has 0 saturated carbocycles. The maximum atomic E-state index is 5.61. The molecule has 3 unspecified atom stereocenters. The van der Waals surface area contributed by atoms with Gasteiger partial charge in [0, 0.05) is 35.9 Å². The molecule has 3 nitrogen and oxygen atoms in total. The van der Waals surface area contributed by atoms with Gasteiger partial charge in [-0.05, 0) is 59.1 Å². The lowest BCUT2D eigenvalue weighted by Gasteiger charge is -2.44.